The predicted octanol–water partition coefficient (Wildman–Crippen LogP) is 2.55. The van der Waals surface area contributed by atoms with Crippen LogP contribution < -0.4 is 4.74 Å². The Kier molecular flexibility index (Phi) is 2.96. The molecule has 0 unspecified atom stereocenters. The van der Waals surface area contributed by atoms with Gasteiger partial charge < -0.3 is 9.72 Å². The summed E-state index contributed by atoms with van der Waals surface area (Å²) in [5.41, 5.74) is 1.23. The fourth-order valence-electron chi connectivity index (χ4n) is 2.68. The van der Waals surface area contributed by atoms with Gasteiger partial charge in [-0.05, 0) is 25.0 Å². The van der Waals surface area contributed by atoms with E-state index in [0.29, 0.717) is 12.0 Å². The van der Waals surface area contributed by atoms with E-state index in [0.717, 1.165) is 25.4 Å². The quantitative estimate of drug-likeness (QED) is 0.907. The highest BCUT2D eigenvalue weighted by atomic mass is 16.5. The second-order valence-corrected chi connectivity index (χ2v) is 5.81. The smallest absolute Gasteiger partial charge is 0.124 e. The number of hydrogen-bond donors (Lipinski definition) is 1. The molecule has 1 N–H and O–H groups in total. The van der Waals surface area contributed by atoms with Gasteiger partial charge in [0.2, 0.25) is 0 Å². The number of imidazole rings is 1. The van der Waals surface area contributed by atoms with Gasteiger partial charge in [0.15, 0.2) is 0 Å². The van der Waals surface area contributed by atoms with Gasteiger partial charge in [-0.25, -0.2) is 4.98 Å². The number of para-hydroxylation sites is 1. The SMILES string of the molecule is c1ccc(OC2CN(Cc3cnc(C4CC4)[nH]3)C2)cc1. The Labute approximate surface area is 118 Å². The maximum Gasteiger partial charge on any atom is 0.124 e. The van der Waals surface area contributed by atoms with Crippen molar-refractivity contribution in [3.05, 3.63) is 48.0 Å². The molecule has 4 heteroatoms. The molecule has 1 saturated heterocycles. The van der Waals surface area contributed by atoms with Crippen molar-refractivity contribution < 1.29 is 4.74 Å². The number of nitrogens with one attached hydrogen (secondary N) is 1. The molecule has 1 aromatic carbocycles. The largest absolute Gasteiger partial charge is 0.488 e. The van der Waals surface area contributed by atoms with E-state index in [1.165, 1.54) is 24.4 Å². The predicted molar refractivity (Wildman–Crippen MR) is 76.7 cm³/mol. The summed E-state index contributed by atoms with van der Waals surface area (Å²) in [5.74, 6) is 2.85. The first-order chi connectivity index (χ1) is 9.87. The lowest BCUT2D eigenvalue weighted by Gasteiger charge is -2.38. The van der Waals surface area contributed by atoms with Gasteiger partial charge in [-0.1, -0.05) is 18.2 Å². The Morgan fingerprint density at radius 2 is 2.00 bits per heavy atom. The van der Waals surface area contributed by atoms with Crippen LogP contribution in [0.5, 0.6) is 5.75 Å². The molecule has 1 aromatic heterocycles. The number of likely N-dealkylation sites (tertiary alicyclic amines) is 1. The molecule has 2 fully saturated rings. The van der Waals surface area contributed by atoms with E-state index in [1.54, 1.807) is 0 Å². The first-order valence-corrected chi connectivity index (χ1v) is 7.34. The van der Waals surface area contributed by atoms with Gasteiger partial charge in [0.05, 0.1) is 0 Å². The topological polar surface area (TPSA) is 41.1 Å². The number of hydrogen-bond acceptors (Lipinski definition) is 3. The van der Waals surface area contributed by atoms with E-state index >= 15 is 0 Å². The van der Waals surface area contributed by atoms with E-state index in [2.05, 4.69) is 14.9 Å². The first kappa shape index (κ1) is 12.0. The summed E-state index contributed by atoms with van der Waals surface area (Å²) in [4.78, 5) is 10.3. The zero-order chi connectivity index (χ0) is 13.4. The molecule has 20 heavy (non-hydrogen) atoms. The maximum atomic E-state index is 5.90. The van der Waals surface area contributed by atoms with Gasteiger partial charge in [-0.2, -0.15) is 0 Å². The van der Waals surface area contributed by atoms with E-state index in [1.807, 2.05) is 36.5 Å². The van der Waals surface area contributed by atoms with Gasteiger partial charge >= 0.3 is 0 Å². The Bertz CT molecular complexity index is 570. The minimum atomic E-state index is 0.322. The summed E-state index contributed by atoms with van der Waals surface area (Å²) in [6.45, 7) is 2.94. The van der Waals surface area contributed by atoms with E-state index < -0.39 is 0 Å². The van der Waals surface area contributed by atoms with Crippen molar-refractivity contribution in [3.63, 3.8) is 0 Å². The normalized spacial score (nSPS) is 19.8. The second kappa shape index (κ2) is 4.94. The number of rotatable bonds is 5. The molecule has 4 nitrogen and oxygen atoms in total. The van der Waals surface area contributed by atoms with Crippen LogP contribution in [0, 0.1) is 0 Å². The number of benzene rings is 1. The highest BCUT2D eigenvalue weighted by Gasteiger charge is 2.30. The number of ether oxygens (including phenoxy) is 1. The molecule has 2 heterocycles. The van der Waals surface area contributed by atoms with Crippen LogP contribution in [0.2, 0.25) is 0 Å². The third kappa shape index (κ3) is 2.56. The van der Waals surface area contributed by atoms with Crippen molar-refractivity contribution in [3.8, 4) is 5.75 Å². The van der Waals surface area contributed by atoms with Crippen molar-refractivity contribution in [2.24, 2.45) is 0 Å². The lowest BCUT2D eigenvalue weighted by Crippen LogP contribution is -2.53. The van der Waals surface area contributed by atoms with Crippen molar-refractivity contribution >= 4 is 0 Å². The monoisotopic (exact) mass is 269 g/mol. The minimum absolute atomic E-state index is 0.322. The molecule has 0 spiro atoms. The summed E-state index contributed by atoms with van der Waals surface area (Å²) < 4.78 is 5.90. The first-order valence-electron chi connectivity index (χ1n) is 7.34. The van der Waals surface area contributed by atoms with Crippen LogP contribution in [-0.4, -0.2) is 34.1 Å². The van der Waals surface area contributed by atoms with E-state index in [4.69, 9.17) is 4.74 Å². The van der Waals surface area contributed by atoms with Crippen molar-refractivity contribution in [1.82, 2.24) is 14.9 Å². The summed E-state index contributed by atoms with van der Waals surface area (Å²) in [5, 5.41) is 0. The van der Waals surface area contributed by atoms with Crippen LogP contribution in [0.15, 0.2) is 36.5 Å². The molecule has 2 aliphatic rings. The van der Waals surface area contributed by atoms with Crippen molar-refractivity contribution in [2.75, 3.05) is 13.1 Å². The third-order valence-electron chi connectivity index (χ3n) is 3.98. The second-order valence-electron chi connectivity index (χ2n) is 5.81. The fraction of sp³-hybridized carbons (Fsp3) is 0.438. The standard InChI is InChI=1S/C16H19N3O/c1-2-4-14(5-3-1)20-15-10-19(11-15)9-13-8-17-16(18-13)12-6-7-12/h1-5,8,12,15H,6-7,9-11H2,(H,17,18). The average Bonchev–Trinajstić information content (AvgIpc) is 3.18. The molecular formula is C16H19N3O. The van der Waals surface area contributed by atoms with Gasteiger partial charge in [0.25, 0.3) is 0 Å². The van der Waals surface area contributed by atoms with Crippen LogP contribution in [0.4, 0.5) is 0 Å². The van der Waals surface area contributed by atoms with Crippen molar-refractivity contribution in [2.45, 2.75) is 31.4 Å². The summed E-state index contributed by atoms with van der Waals surface area (Å²) in [7, 11) is 0. The van der Waals surface area contributed by atoms with Crippen LogP contribution in [0.1, 0.15) is 30.3 Å². The van der Waals surface area contributed by atoms with Crippen LogP contribution >= 0.6 is 0 Å². The summed E-state index contributed by atoms with van der Waals surface area (Å²) in [6.07, 6.45) is 4.90. The molecule has 4 rings (SSSR count). The van der Waals surface area contributed by atoms with Gasteiger partial charge in [-0.3, -0.25) is 4.90 Å². The lowest BCUT2D eigenvalue weighted by molar-refractivity contribution is 0.0139. The Balaban J connectivity index is 1.26. The highest BCUT2D eigenvalue weighted by Crippen LogP contribution is 2.38. The van der Waals surface area contributed by atoms with Crippen LogP contribution in [0.3, 0.4) is 0 Å². The summed E-state index contributed by atoms with van der Waals surface area (Å²) in [6, 6.07) is 10.1. The van der Waals surface area contributed by atoms with Gasteiger partial charge in [0.1, 0.15) is 17.7 Å². The van der Waals surface area contributed by atoms with Crippen LogP contribution in [-0.2, 0) is 6.54 Å². The maximum absolute atomic E-state index is 5.90. The molecule has 0 atom stereocenters. The molecule has 1 saturated carbocycles. The van der Waals surface area contributed by atoms with E-state index in [-0.39, 0.29) is 0 Å². The molecule has 0 amide bonds. The zero-order valence-electron chi connectivity index (χ0n) is 11.5. The van der Waals surface area contributed by atoms with Gasteiger partial charge in [0, 0.05) is 37.4 Å². The molecular weight excluding hydrogens is 250 g/mol. The molecule has 0 radical (unpaired) electrons. The van der Waals surface area contributed by atoms with E-state index in [9.17, 15) is 0 Å². The Morgan fingerprint density at radius 3 is 2.75 bits per heavy atom. The summed E-state index contributed by atoms with van der Waals surface area (Å²) >= 11 is 0. The fourth-order valence-corrected chi connectivity index (χ4v) is 2.68. The highest BCUT2D eigenvalue weighted by molar-refractivity contribution is 5.21. The molecule has 0 bridgehead atoms. The number of H-pyrrole nitrogens is 1. The number of nitrogens with zero attached hydrogens (tertiary/aromatic N) is 2. The van der Waals surface area contributed by atoms with Crippen LogP contribution in [0.25, 0.3) is 0 Å². The minimum Gasteiger partial charge on any atom is -0.488 e. The zero-order valence-corrected chi connectivity index (χ0v) is 11.5. The molecule has 2 aromatic rings. The number of aromatic amines is 1. The average molecular weight is 269 g/mol. The third-order valence-corrected chi connectivity index (χ3v) is 3.98. The molecule has 1 aliphatic heterocycles. The van der Waals surface area contributed by atoms with Gasteiger partial charge in [-0.15, -0.1) is 0 Å². The molecule has 104 valence electrons. The molecule has 1 aliphatic carbocycles. The van der Waals surface area contributed by atoms with Crippen molar-refractivity contribution in [1.29, 1.82) is 0 Å². The Morgan fingerprint density at radius 1 is 1.20 bits per heavy atom. The Hall–Kier alpha value is -1.81. The lowest BCUT2D eigenvalue weighted by atomic mass is 10.1. The number of aromatic nitrogens is 2.